The number of carbonyl (C=O) groups is 3. The maximum Gasteiger partial charge on any atom is 0.327 e. The molecule has 0 fully saturated rings. The second-order valence-electron chi connectivity index (χ2n) is 7.74. The zero-order valence-electron chi connectivity index (χ0n) is 18.4. The molecule has 0 saturated carbocycles. The van der Waals surface area contributed by atoms with Gasteiger partial charge < -0.3 is 4.74 Å². The summed E-state index contributed by atoms with van der Waals surface area (Å²) in [4.78, 5) is 40.2. The normalized spacial score (nSPS) is 13.2. The smallest absolute Gasteiger partial charge is 0.327 e. The lowest BCUT2D eigenvalue weighted by Crippen LogP contribution is -2.45. The molecule has 5 heteroatoms. The Kier molecular flexibility index (Phi) is 7.88. The van der Waals surface area contributed by atoms with Gasteiger partial charge in [-0.1, -0.05) is 91.0 Å². The van der Waals surface area contributed by atoms with Crippen LogP contribution in [-0.2, 0) is 16.0 Å². The number of hydrogen-bond acceptors (Lipinski definition) is 5. The van der Waals surface area contributed by atoms with Gasteiger partial charge in [-0.25, -0.2) is 0 Å². The maximum absolute atomic E-state index is 13.7. The summed E-state index contributed by atoms with van der Waals surface area (Å²) >= 11 is 0. The average molecular weight is 440 g/mol. The molecule has 2 atom stereocenters. The van der Waals surface area contributed by atoms with Crippen molar-refractivity contribution in [3.63, 3.8) is 0 Å². The summed E-state index contributed by atoms with van der Waals surface area (Å²) in [5.41, 5.74) is -0.418. The lowest BCUT2D eigenvalue weighted by atomic mass is 9.67. The van der Waals surface area contributed by atoms with E-state index >= 15 is 0 Å². The van der Waals surface area contributed by atoms with Gasteiger partial charge in [0.05, 0.1) is 18.6 Å². The number of nitriles is 1. The topological polar surface area (TPSA) is 84.2 Å². The third-order valence-electron chi connectivity index (χ3n) is 5.62. The zero-order chi connectivity index (χ0) is 23.7. The van der Waals surface area contributed by atoms with Crippen LogP contribution in [-0.4, -0.2) is 24.1 Å². The van der Waals surface area contributed by atoms with Crippen molar-refractivity contribution < 1.29 is 19.1 Å². The first-order valence-corrected chi connectivity index (χ1v) is 10.8. The molecule has 0 aliphatic rings. The number of hydrogen-bond donors (Lipinski definition) is 0. The van der Waals surface area contributed by atoms with Crippen LogP contribution in [0.15, 0.2) is 91.0 Å². The average Bonchev–Trinajstić information content (AvgIpc) is 2.87. The number of carbonyl (C=O) groups excluding carboxylic acids is 3. The summed E-state index contributed by atoms with van der Waals surface area (Å²) in [6.07, 6.45) is -0.342. The fraction of sp³-hybridized carbons (Fsp3) is 0.214. The molecule has 3 aromatic rings. The molecule has 33 heavy (non-hydrogen) atoms. The lowest BCUT2D eigenvalue weighted by molar-refractivity contribution is -0.154. The number of nitrogens with zero attached hydrogens (tertiary/aromatic N) is 1. The van der Waals surface area contributed by atoms with Crippen molar-refractivity contribution in [3.05, 3.63) is 108 Å². The summed E-state index contributed by atoms with van der Waals surface area (Å²) in [5, 5.41) is 10.4. The van der Waals surface area contributed by atoms with Gasteiger partial charge in [0.25, 0.3) is 0 Å². The van der Waals surface area contributed by atoms with Crippen molar-refractivity contribution >= 4 is 17.5 Å². The van der Waals surface area contributed by atoms with E-state index in [9.17, 15) is 19.6 Å². The summed E-state index contributed by atoms with van der Waals surface area (Å²) in [7, 11) is 0. The molecular weight excluding hydrogens is 414 g/mol. The molecule has 3 aromatic carbocycles. The zero-order valence-corrected chi connectivity index (χ0v) is 18.4. The van der Waals surface area contributed by atoms with Gasteiger partial charge in [-0.05, 0) is 12.5 Å². The molecule has 0 heterocycles. The number of Topliss-reactive ketones (excluding diaryl/α,β-unsaturated/α-hetero) is 2. The van der Waals surface area contributed by atoms with Crippen molar-refractivity contribution in [2.24, 2.45) is 11.3 Å². The molecule has 0 saturated heterocycles. The predicted octanol–water partition coefficient (Wildman–Crippen LogP) is 5.07. The number of benzene rings is 3. The number of rotatable bonds is 10. The second-order valence-corrected chi connectivity index (χ2v) is 7.74. The van der Waals surface area contributed by atoms with E-state index in [2.05, 4.69) is 6.07 Å². The van der Waals surface area contributed by atoms with Crippen LogP contribution in [0.3, 0.4) is 0 Å². The van der Waals surface area contributed by atoms with Crippen molar-refractivity contribution in [1.29, 1.82) is 5.26 Å². The van der Waals surface area contributed by atoms with E-state index in [1.54, 1.807) is 91.9 Å². The van der Waals surface area contributed by atoms with Gasteiger partial charge in [-0.3, -0.25) is 14.4 Å². The first-order valence-electron chi connectivity index (χ1n) is 10.8. The van der Waals surface area contributed by atoms with Crippen LogP contribution in [0.25, 0.3) is 0 Å². The largest absolute Gasteiger partial charge is 0.465 e. The molecule has 0 bridgehead atoms. The minimum Gasteiger partial charge on any atom is -0.465 e. The molecule has 0 radical (unpaired) electrons. The highest BCUT2D eigenvalue weighted by molar-refractivity contribution is 6.06. The van der Waals surface area contributed by atoms with Crippen LogP contribution >= 0.6 is 0 Å². The first-order chi connectivity index (χ1) is 16.0. The highest BCUT2D eigenvalue weighted by atomic mass is 16.5. The van der Waals surface area contributed by atoms with Crippen molar-refractivity contribution in [3.8, 4) is 6.07 Å². The molecule has 3 rings (SSSR count). The van der Waals surface area contributed by atoms with Crippen LogP contribution in [0.5, 0.6) is 0 Å². The Morgan fingerprint density at radius 1 is 0.848 bits per heavy atom. The standard InChI is InChI=1S/C28H25NO4/c1-2-33-27(32)28(20-29,19-21-12-6-3-7-13-21)24(26(31)23-16-10-5-11-17-23)18-25(30)22-14-8-4-9-15-22/h3-17,24H,2,18-19H2,1H3. The minimum atomic E-state index is -1.87. The van der Waals surface area contributed by atoms with Crippen LogP contribution in [0.2, 0.25) is 0 Å². The van der Waals surface area contributed by atoms with Gasteiger partial charge in [0.1, 0.15) is 0 Å². The highest BCUT2D eigenvalue weighted by Gasteiger charge is 2.52. The van der Waals surface area contributed by atoms with Gasteiger partial charge in [-0.2, -0.15) is 5.26 Å². The van der Waals surface area contributed by atoms with Crippen LogP contribution in [0, 0.1) is 22.7 Å². The Hall–Kier alpha value is -4.04. The van der Waals surface area contributed by atoms with Gasteiger partial charge in [-0.15, -0.1) is 0 Å². The number of esters is 1. The van der Waals surface area contributed by atoms with Crippen LogP contribution in [0.4, 0.5) is 0 Å². The highest BCUT2D eigenvalue weighted by Crippen LogP contribution is 2.38. The molecule has 0 amide bonds. The maximum atomic E-state index is 13.7. The Morgan fingerprint density at radius 3 is 1.88 bits per heavy atom. The molecule has 0 aliphatic carbocycles. The summed E-state index contributed by atoms with van der Waals surface area (Å²) < 4.78 is 5.30. The van der Waals surface area contributed by atoms with Gasteiger partial charge in [0.15, 0.2) is 17.0 Å². The Labute approximate surface area is 193 Å². The van der Waals surface area contributed by atoms with Gasteiger partial charge >= 0.3 is 5.97 Å². The third kappa shape index (κ3) is 5.42. The molecule has 166 valence electrons. The van der Waals surface area contributed by atoms with E-state index in [1.807, 2.05) is 6.07 Å². The second kappa shape index (κ2) is 11.0. The van der Waals surface area contributed by atoms with E-state index in [0.29, 0.717) is 16.7 Å². The first kappa shape index (κ1) is 23.6. The Morgan fingerprint density at radius 2 is 1.36 bits per heavy atom. The number of ketones is 2. The lowest BCUT2D eigenvalue weighted by Gasteiger charge is -2.32. The van der Waals surface area contributed by atoms with E-state index in [4.69, 9.17) is 4.74 Å². The van der Waals surface area contributed by atoms with Gasteiger partial charge in [0.2, 0.25) is 0 Å². The monoisotopic (exact) mass is 439 g/mol. The molecule has 0 N–H and O–H groups in total. The molecule has 0 aromatic heterocycles. The Balaban J connectivity index is 2.13. The van der Waals surface area contributed by atoms with Crippen LogP contribution < -0.4 is 0 Å². The summed E-state index contributed by atoms with van der Waals surface area (Å²) in [6, 6.07) is 28.1. The molecular formula is C28H25NO4. The van der Waals surface area contributed by atoms with E-state index < -0.39 is 23.1 Å². The molecule has 5 nitrogen and oxygen atoms in total. The molecule has 0 spiro atoms. The van der Waals surface area contributed by atoms with Crippen molar-refractivity contribution in [2.75, 3.05) is 6.61 Å². The summed E-state index contributed by atoms with van der Waals surface area (Å²) in [6.45, 7) is 1.70. The molecule has 0 aliphatic heterocycles. The minimum absolute atomic E-state index is 0.0471. The quantitative estimate of drug-likeness (QED) is 0.325. The van der Waals surface area contributed by atoms with Crippen LogP contribution in [0.1, 0.15) is 39.6 Å². The SMILES string of the molecule is CCOC(=O)C(C#N)(Cc1ccccc1)C(CC(=O)c1ccccc1)C(=O)c1ccccc1. The predicted molar refractivity (Wildman–Crippen MR) is 124 cm³/mol. The van der Waals surface area contributed by atoms with Crippen molar-refractivity contribution in [1.82, 2.24) is 0 Å². The van der Waals surface area contributed by atoms with E-state index in [-0.39, 0.29) is 25.2 Å². The van der Waals surface area contributed by atoms with E-state index in [0.717, 1.165) is 0 Å². The van der Waals surface area contributed by atoms with Crippen molar-refractivity contribution in [2.45, 2.75) is 19.8 Å². The third-order valence-corrected chi connectivity index (χ3v) is 5.62. The van der Waals surface area contributed by atoms with E-state index in [1.165, 1.54) is 0 Å². The Bertz CT molecular complexity index is 1140. The molecule has 2 unspecified atom stereocenters. The fourth-order valence-corrected chi connectivity index (χ4v) is 3.90. The number of ether oxygens (including phenoxy) is 1. The fourth-order valence-electron chi connectivity index (χ4n) is 3.90. The summed E-state index contributed by atoms with van der Waals surface area (Å²) in [5.74, 6) is -2.78. The van der Waals surface area contributed by atoms with Gasteiger partial charge in [0, 0.05) is 24.0 Å².